The summed E-state index contributed by atoms with van der Waals surface area (Å²) in [6, 6.07) is -29.3. The van der Waals surface area contributed by atoms with Gasteiger partial charge in [0.25, 0.3) is 4.29 Å². The fourth-order valence-corrected chi connectivity index (χ4v) is 13.4. The second kappa shape index (κ2) is 54.9. The van der Waals surface area contributed by atoms with Crippen LogP contribution in [0.3, 0.4) is 0 Å². The van der Waals surface area contributed by atoms with Gasteiger partial charge in [0.05, 0.1) is 137 Å². The quantitative estimate of drug-likeness (QED) is 0.0300. The molecular weight excluding hydrogens is 1850 g/mol. The molecule has 18 atom stereocenters. The van der Waals surface area contributed by atoms with E-state index in [4.69, 9.17) is 194 Å². The average molecular weight is 2160 g/mol. The topological polar surface area (TPSA) is 293 Å². The molecule has 11 heterocycles. The van der Waals surface area contributed by atoms with Crippen LogP contribution in [0.4, 0.5) is 0 Å². The number of piperidine rings is 6. The molecule has 6 fully saturated rings. The predicted molar refractivity (Wildman–Crippen MR) is 596 cm³/mol. The molecule has 0 aromatic heterocycles. The maximum absolute atomic E-state index is 11.6. The Morgan fingerprint density at radius 2 is 0.612 bits per heavy atom. The highest BCUT2D eigenvalue weighted by Gasteiger charge is 2.47. The molecule has 147 heavy (non-hydrogen) atoms. The van der Waals surface area contributed by atoms with E-state index in [0.717, 1.165) is 42.7 Å². The van der Waals surface area contributed by atoms with Crippen LogP contribution in [0, 0.1) is 113 Å². The first kappa shape index (κ1) is 38.4. The SMILES string of the molecule is C#CC.C#CC.C#CC.[2HH].[2HH].[2H]Oc1c([2H])c2c(c([2H])c1OC([2H])([2H])[2H])C1N(C([2H])([2H])C2([2H])[2H])C([2H])([2H])C([2H])(C([2H])([2H])C(C)(C([2H])([2H])[2H])C([2H])([2H])[2H])C([2H])(O)C1([2H])[2H].[2H]Oc1c([2H])c2c(c([2H])c1OC([2H])([2H])[2H])C1N(C([2H])([2H])C2([2H])[2H])C([2H])([2H])C([2H])(CC(C)C)C([2H])(O)C1([2H])[2H].[2H]Oc1c([2H])c2c(c([2H])c1OC)C1N(C([2H])([2H])C2([2H])[2H])C([2H])([2H])C([2H])(CC(C)C)C([2H])(O)C1([2H])[2H].[2H]c1c(OC)c(OC([2H])([2H])[2H])c([2H])c(C2NC([2H])([2H])C([2H])(C([2H])([2H])C(C)(C([2H])([2H])[2H])C([2H])([2H])[2H])C([2H])(O)C2([2H])[2H])c1C([2H])[2H].[2H]c1c(OC)c(OC)c([2H])c2c1C1N(C([2H])([2H])C2([2H])[2H])C([2H])([2H])C([2H])(C([2H])([2H])C(C)(C([2H])([2H])[2H])C([2H])([2H])[2H])C([2H])(O)C1([2H])[2H].[2H]c1c(OC)c(OC)c([2H])c2c1C1N(C([2H])([2H])C2([2H])[2H])C([2H])([2H])C([2H])(C([2H])([2H])C(C)(C([2H])([2H])[2H])C([2H])([2H])[2H])C([2H])(O)C1([2H])[2H]. The fourth-order valence-electron chi connectivity index (χ4n) is 13.4. The highest BCUT2D eigenvalue weighted by Crippen LogP contribution is 2.52. The third kappa shape index (κ3) is 33.1. The van der Waals surface area contributed by atoms with Crippen molar-refractivity contribution in [2.24, 2.45) is 68.9 Å². The van der Waals surface area contributed by atoms with Crippen molar-refractivity contribution in [1.82, 2.24) is 29.8 Å². The maximum atomic E-state index is 11.6. The number of benzene rings is 6. The van der Waals surface area contributed by atoms with E-state index in [1.807, 2.05) is 0 Å². The number of nitrogens with zero attached hydrogens (tertiary/aromatic N) is 5. The van der Waals surface area contributed by atoms with Crippen molar-refractivity contribution in [1.29, 1.82) is 4.29 Å². The molecule has 18 unspecified atom stereocenters. The number of fused-ring (bicyclic) bond motifs is 15. The van der Waals surface area contributed by atoms with E-state index >= 15 is 0 Å². The standard InChI is InChI=1S/2C20H31NO3.C19H29NO3.C19H31NO3.2C18H27NO3.3C3H4.2H2/c2*1-20(2,3)11-14-12-21-7-6-13-8-18(23-4)19(24-5)9-15(13)16(21)10-17(14)22;1-19(2,3)10-13-11-20-6-5-12-7-17(22)18(23-4)8-14(12)15(20)9-16(13)21;1-12-7-17(22-5)18(23-6)8-14(12)15-9-16(21)13(11-20-15)10-19(2,3)4;2*1-11(2)6-13-10-19-5-4-12-7-17(21)18(22-3)8-14(12)15(19)9-16(13)20;3*1-3-2;;/h2*8-9,14,16-17,22H,6-7,10-12H2,1-5H3;7-8,13,15-16,21-22H,5-6,9-11H2,1-4H3;7-8,13,15-16,20-21H,9-11H2,1-6H3;2*7-8,11,13,15-16,20-21H,4-6,9-10H2,1-3H3;3*1H,2H3;2*1H/i2*1D3,2D3,6D2,7D2,8D,9D,10D2,11D2,12D2,14D,17D;1D3,2D3,4D3,5D2,6D2,7D,8D,9D2,10D2,11D2,13D,16D;1D2,2D3,3D3,6D3,7D,8D,9D2,10D2,11D2,13D,16D;3D3,4D2,5D2,7D,8D,9D2,10D2,13D,16D;4D2,5D2,7D,8D,9D2,10D2,13D,16D;;;;2*1+1/hD3. The van der Waals surface area contributed by atoms with Crippen molar-refractivity contribution < 1.29 is 244 Å². The van der Waals surface area contributed by atoms with E-state index in [1.165, 1.54) is 13.8 Å². The van der Waals surface area contributed by atoms with Gasteiger partial charge in [-0.15, -0.1) is 37.0 Å². The van der Waals surface area contributed by atoms with Gasteiger partial charge in [-0.1, -0.05) is 110 Å². The number of terminal acetylenes is 3. The number of aromatic hydroxyl groups is 3. The van der Waals surface area contributed by atoms with Gasteiger partial charge in [0.1, 0.15) is 0 Å². The summed E-state index contributed by atoms with van der Waals surface area (Å²) >= 11 is 0. The van der Waals surface area contributed by atoms with E-state index in [-0.39, 0.29) is 43.2 Å². The molecule has 0 bridgehead atoms. The van der Waals surface area contributed by atoms with Gasteiger partial charge in [-0.2, -0.15) is 0 Å². The van der Waals surface area contributed by atoms with E-state index in [0.29, 0.717) is 6.92 Å². The zero-order chi connectivity index (χ0) is 208. The van der Waals surface area contributed by atoms with Gasteiger partial charge < -0.3 is 93.9 Å². The fraction of sp³-hybridized carbons (Fsp3) is 0.659. The van der Waals surface area contributed by atoms with Crippen LogP contribution in [-0.4, -0.2) is 246 Å². The number of ether oxygens (including phenoxy) is 9. The van der Waals surface area contributed by atoms with Crippen LogP contribution in [-0.2, 0) is 31.9 Å². The number of rotatable bonds is 21. The first-order valence-corrected chi connectivity index (χ1v) is 42.9. The number of phenolic OH excluding ortho intramolecular Hbond substituents is 3. The number of aliphatic hydroxyl groups is 6. The van der Waals surface area contributed by atoms with Gasteiger partial charge in [0, 0.05) is 226 Å². The Kier molecular flexibility index (Phi) is 14.3. The van der Waals surface area contributed by atoms with Crippen molar-refractivity contribution in [3.8, 4) is 106 Å². The first-order chi connectivity index (χ1) is 115. The number of nitrogens with one attached hydrogen (secondary N) is 1. The summed E-state index contributed by atoms with van der Waals surface area (Å²) in [6.45, 7) is -64.6. The summed E-state index contributed by atoms with van der Waals surface area (Å²) in [4.78, 5) is -1.11. The van der Waals surface area contributed by atoms with Crippen LogP contribution in [0.5, 0.6) is 69.0 Å². The molecule has 11 aliphatic rings. The number of hydrogen-bond acceptors (Lipinski definition) is 24. The summed E-state index contributed by atoms with van der Waals surface area (Å²) in [6.07, 6.45) is -71.5. The third-order valence-corrected chi connectivity index (χ3v) is 19.2. The van der Waals surface area contributed by atoms with Crippen LogP contribution < -0.4 is 47.9 Å². The zero-order valence-corrected chi connectivity index (χ0v) is 81.7. The van der Waals surface area contributed by atoms with Crippen molar-refractivity contribution in [2.75, 3.05) is 135 Å². The van der Waals surface area contributed by atoms with Crippen molar-refractivity contribution in [3.05, 3.63) is 139 Å². The second-order valence-corrected chi connectivity index (χ2v) is 32.5. The summed E-state index contributed by atoms with van der Waals surface area (Å²) in [7, 11) is -4.20. The highest BCUT2D eigenvalue weighted by atomic mass is 16.5. The average Bonchev–Trinajstić information content (AvgIpc) is 0.633. The van der Waals surface area contributed by atoms with Gasteiger partial charge in [-0.05, 0) is 344 Å². The molecule has 0 saturated carbocycles. The molecule has 6 aromatic rings. The Morgan fingerprint density at radius 1 is 0.374 bits per heavy atom. The van der Waals surface area contributed by atoms with E-state index in [2.05, 4.69) is 57.1 Å². The van der Waals surface area contributed by atoms with E-state index in [1.54, 1.807) is 39.9 Å². The summed E-state index contributed by atoms with van der Waals surface area (Å²) in [5, 5.41) is 83.2. The van der Waals surface area contributed by atoms with E-state index < -0.39 is 617 Å². The van der Waals surface area contributed by atoms with Crippen LogP contribution in [0.15, 0.2) is 72.5 Å². The van der Waals surface area contributed by atoms with Crippen LogP contribution in [0.1, 0.15) is 466 Å². The maximum Gasteiger partial charge on any atom is 0.293 e. The molecule has 0 radical (unpaired) electrons. The number of hydrogen-bond donors (Lipinski definition) is 10. The van der Waals surface area contributed by atoms with Crippen LogP contribution in [0.2, 0.25) is 0 Å². The molecule has 6 aromatic carbocycles. The lowest BCUT2D eigenvalue weighted by Gasteiger charge is -2.47. The molecule has 6 saturated heterocycles. The second-order valence-electron chi connectivity index (χ2n) is 32.5. The Morgan fingerprint density at radius 3 is 0.891 bits per heavy atom. The molecular formula is C123H192N6O18. The minimum Gasteiger partial charge on any atom is -0.504 e. The Labute approximate surface area is 1050 Å². The smallest absolute Gasteiger partial charge is 0.293 e. The molecule has 0 aliphatic carbocycles. The molecule has 822 valence electrons. The Bertz CT molecular complexity index is 10700. The summed E-state index contributed by atoms with van der Waals surface area (Å²) in [5.41, 5.74) is -27.8. The minimum atomic E-state index is -4.72. The lowest BCUT2D eigenvalue weighted by Crippen LogP contribution is -2.48. The van der Waals surface area contributed by atoms with Gasteiger partial charge in [0.15, 0.2) is 69.0 Å². The van der Waals surface area contributed by atoms with Gasteiger partial charge in [-0.25, -0.2) is 0 Å². The molecule has 10 N–H and O–H groups in total. The molecule has 0 amide bonds. The Hall–Kier alpha value is -8.88. The van der Waals surface area contributed by atoms with Gasteiger partial charge in [0.2, 0.25) is 0 Å². The first-order valence-electron chi connectivity index (χ1n) is 99.7. The van der Waals surface area contributed by atoms with Crippen molar-refractivity contribution >= 4 is 0 Å². The number of phenols is 3. The minimum absolute atomic E-state index is 0. The molecule has 0 spiro atoms. The lowest BCUT2D eigenvalue weighted by molar-refractivity contribution is -0.0259. The third-order valence-electron chi connectivity index (χ3n) is 19.2. The highest BCUT2D eigenvalue weighted by molar-refractivity contribution is 5.55. The van der Waals surface area contributed by atoms with Gasteiger partial charge >= 0.3 is 0 Å². The zero-order valence-electron chi connectivity index (χ0n) is 196. The normalized spacial score (nSPS) is 52.1. The van der Waals surface area contributed by atoms with Gasteiger partial charge in [-0.3, -0.25) is 24.5 Å². The van der Waals surface area contributed by atoms with Crippen molar-refractivity contribution in [2.45, 2.75) is 319 Å². The molecule has 24 heteroatoms. The Balaban J connectivity index is 0.000000409. The lowest BCUT2D eigenvalue weighted by atomic mass is 9.75. The largest absolute Gasteiger partial charge is 0.504 e. The molecule has 24 nitrogen and oxygen atoms in total. The monoisotopic (exact) mass is 2160 g/mol. The van der Waals surface area contributed by atoms with E-state index in [9.17, 15) is 30.6 Å². The molecule has 17 rings (SSSR count). The predicted octanol–water partition coefficient (Wildman–Crippen LogP) is 21.3. The molecule has 11 aliphatic heterocycles. The van der Waals surface area contributed by atoms with Crippen molar-refractivity contribution in [3.63, 3.8) is 0 Å². The van der Waals surface area contributed by atoms with Crippen LogP contribution >= 0.6 is 0 Å². The summed E-state index contributed by atoms with van der Waals surface area (Å²) in [5.74, 6) is -29.3. The number of methoxy groups -OCH3 is 9. The summed E-state index contributed by atoms with van der Waals surface area (Å²) < 4.78 is 1000. The van der Waals surface area contributed by atoms with Crippen LogP contribution in [0.25, 0.3) is 0 Å².